The van der Waals surface area contributed by atoms with Gasteiger partial charge in [-0.25, -0.2) is 8.42 Å². The summed E-state index contributed by atoms with van der Waals surface area (Å²) in [6.07, 6.45) is 1.47. The summed E-state index contributed by atoms with van der Waals surface area (Å²) in [7, 11) is -2.52. The lowest BCUT2D eigenvalue weighted by Gasteiger charge is -2.24. The van der Waals surface area contributed by atoms with Gasteiger partial charge in [0.15, 0.2) is 0 Å². The molecule has 0 bridgehead atoms. The van der Waals surface area contributed by atoms with Crippen molar-refractivity contribution in [1.82, 2.24) is 10.2 Å². The number of methoxy groups -OCH3 is 1. The van der Waals surface area contributed by atoms with E-state index in [0.717, 1.165) is 34.0 Å². The van der Waals surface area contributed by atoms with Gasteiger partial charge in [-0.3, -0.25) is 13.9 Å². The van der Waals surface area contributed by atoms with Crippen LogP contribution in [0, 0.1) is 6.92 Å². The van der Waals surface area contributed by atoms with Gasteiger partial charge in [-0.1, -0.05) is 48.0 Å². The largest absolute Gasteiger partial charge is 0.497 e. The van der Waals surface area contributed by atoms with Gasteiger partial charge in [0, 0.05) is 32.1 Å². The number of benzene rings is 3. The fourth-order valence-corrected chi connectivity index (χ4v) is 5.65. The minimum Gasteiger partial charge on any atom is -0.497 e. The Morgan fingerprint density at radius 1 is 1.03 bits per heavy atom. The van der Waals surface area contributed by atoms with Crippen LogP contribution >= 0.6 is 0 Å². The zero-order chi connectivity index (χ0) is 26.4. The predicted molar refractivity (Wildman–Crippen MR) is 142 cm³/mol. The van der Waals surface area contributed by atoms with E-state index in [1.54, 1.807) is 36.4 Å². The number of anilines is 1. The summed E-state index contributed by atoms with van der Waals surface area (Å²) in [4.78, 5) is 26.9. The summed E-state index contributed by atoms with van der Waals surface area (Å²) in [6.45, 7) is 3.01. The van der Waals surface area contributed by atoms with E-state index >= 15 is 0 Å². The number of carbonyl (C=O) groups excluding carboxylic acids is 2. The van der Waals surface area contributed by atoms with Crippen molar-refractivity contribution < 1.29 is 22.7 Å². The number of likely N-dealkylation sites (tertiary alicyclic amines) is 1. The molecule has 0 saturated carbocycles. The van der Waals surface area contributed by atoms with Gasteiger partial charge in [0.05, 0.1) is 17.7 Å². The van der Waals surface area contributed by atoms with E-state index in [-0.39, 0.29) is 17.3 Å². The van der Waals surface area contributed by atoms with Crippen molar-refractivity contribution >= 4 is 27.5 Å². The van der Waals surface area contributed by atoms with Crippen molar-refractivity contribution in [1.29, 1.82) is 0 Å². The van der Waals surface area contributed by atoms with Crippen LogP contribution in [0.3, 0.4) is 0 Å². The Labute approximate surface area is 217 Å². The van der Waals surface area contributed by atoms with Crippen LogP contribution < -0.4 is 14.4 Å². The second-order valence-electron chi connectivity index (χ2n) is 9.04. The third kappa shape index (κ3) is 6.48. The topological polar surface area (TPSA) is 96.0 Å². The molecule has 1 aliphatic heterocycles. The third-order valence-corrected chi connectivity index (χ3v) is 8.05. The van der Waals surface area contributed by atoms with Gasteiger partial charge in [0.1, 0.15) is 12.3 Å². The van der Waals surface area contributed by atoms with E-state index in [1.807, 2.05) is 36.1 Å². The Hall–Kier alpha value is -3.85. The number of aryl methyl sites for hydroxylation is 1. The molecule has 0 aromatic heterocycles. The van der Waals surface area contributed by atoms with Gasteiger partial charge >= 0.3 is 0 Å². The van der Waals surface area contributed by atoms with E-state index in [0.29, 0.717) is 24.4 Å². The summed E-state index contributed by atoms with van der Waals surface area (Å²) in [5.74, 6) is 0.195. The zero-order valence-corrected chi connectivity index (χ0v) is 21.8. The standard InChI is InChI=1S/C28H31N3O5S/c1-21-11-13-26(14-12-21)37(34,35)31(24-8-4-9-25(17-24)36-2)20-27(32)29-18-22-6-3-7-23(16-22)19-30-15-5-10-28(30)33/h3-4,6-9,11-14,16-17H,5,10,15,18-20H2,1-2H3,(H,29,32). The maximum absolute atomic E-state index is 13.6. The van der Waals surface area contributed by atoms with E-state index in [2.05, 4.69) is 5.32 Å². The molecule has 2 amide bonds. The highest BCUT2D eigenvalue weighted by molar-refractivity contribution is 7.92. The summed E-state index contributed by atoms with van der Waals surface area (Å²) in [5.41, 5.74) is 3.11. The van der Waals surface area contributed by atoms with Crippen molar-refractivity contribution in [2.24, 2.45) is 0 Å². The fourth-order valence-electron chi connectivity index (χ4n) is 4.23. The molecule has 8 nitrogen and oxygen atoms in total. The first kappa shape index (κ1) is 26.2. The number of hydrogen-bond acceptors (Lipinski definition) is 5. The van der Waals surface area contributed by atoms with Gasteiger partial charge in [-0.15, -0.1) is 0 Å². The van der Waals surface area contributed by atoms with E-state index in [9.17, 15) is 18.0 Å². The average Bonchev–Trinajstić information content (AvgIpc) is 3.30. The molecule has 1 aliphatic rings. The van der Waals surface area contributed by atoms with Crippen molar-refractivity contribution in [3.8, 4) is 5.75 Å². The highest BCUT2D eigenvalue weighted by Crippen LogP contribution is 2.27. The van der Waals surface area contributed by atoms with Crippen LogP contribution in [0.15, 0.2) is 77.7 Å². The highest BCUT2D eigenvalue weighted by Gasteiger charge is 2.27. The number of nitrogens with one attached hydrogen (secondary N) is 1. The van der Waals surface area contributed by atoms with Crippen LogP contribution in [0.2, 0.25) is 0 Å². The Morgan fingerprint density at radius 2 is 1.76 bits per heavy atom. The molecular formula is C28H31N3O5S. The van der Waals surface area contributed by atoms with Crippen LogP contribution in [0.1, 0.15) is 29.5 Å². The molecule has 1 N–H and O–H groups in total. The number of amides is 2. The summed E-state index contributed by atoms with van der Waals surface area (Å²) < 4.78 is 33.5. The van der Waals surface area contributed by atoms with Crippen molar-refractivity contribution in [3.63, 3.8) is 0 Å². The Balaban J connectivity index is 1.50. The molecule has 0 atom stereocenters. The van der Waals surface area contributed by atoms with Crippen LogP contribution in [-0.2, 0) is 32.7 Å². The summed E-state index contributed by atoms with van der Waals surface area (Å²) in [5, 5.41) is 2.83. The average molecular weight is 522 g/mol. The smallest absolute Gasteiger partial charge is 0.264 e. The number of carbonyl (C=O) groups is 2. The number of nitrogens with zero attached hydrogens (tertiary/aromatic N) is 2. The quantitative estimate of drug-likeness (QED) is 0.440. The molecule has 0 radical (unpaired) electrons. The zero-order valence-electron chi connectivity index (χ0n) is 21.0. The summed E-state index contributed by atoms with van der Waals surface area (Å²) in [6, 6.07) is 20.8. The second-order valence-corrected chi connectivity index (χ2v) is 10.9. The van der Waals surface area contributed by atoms with E-state index < -0.39 is 22.5 Å². The molecule has 1 fully saturated rings. The van der Waals surface area contributed by atoms with Gasteiger partial charge in [0.2, 0.25) is 11.8 Å². The maximum atomic E-state index is 13.6. The monoisotopic (exact) mass is 521 g/mol. The summed E-state index contributed by atoms with van der Waals surface area (Å²) >= 11 is 0. The first-order valence-electron chi connectivity index (χ1n) is 12.1. The van der Waals surface area contributed by atoms with Crippen LogP contribution in [0.4, 0.5) is 5.69 Å². The highest BCUT2D eigenvalue weighted by atomic mass is 32.2. The molecule has 3 aromatic carbocycles. The maximum Gasteiger partial charge on any atom is 0.264 e. The van der Waals surface area contributed by atoms with E-state index in [1.165, 1.54) is 19.2 Å². The van der Waals surface area contributed by atoms with Crippen molar-refractivity contribution in [3.05, 3.63) is 89.5 Å². The predicted octanol–water partition coefficient (Wildman–Crippen LogP) is 3.64. The molecule has 0 spiro atoms. The number of hydrogen-bond donors (Lipinski definition) is 1. The fraction of sp³-hybridized carbons (Fsp3) is 0.286. The normalized spacial score (nSPS) is 13.5. The molecule has 37 heavy (non-hydrogen) atoms. The molecule has 3 aromatic rings. The third-order valence-electron chi connectivity index (χ3n) is 6.26. The molecule has 1 saturated heterocycles. The Morgan fingerprint density at radius 3 is 2.46 bits per heavy atom. The molecular weight excluding hydrogens is 490 g/mol. The molecule has 4 rings (SSSR count). The van der Waals surface area contributed by atoms with Crippen molar-refractivity contribution in [2.75, 3.05) is 24.5 Å². The minimum atomic E-state index is -4.02. The Bertz CT molecular complexity index is 1370. The SMILES string of the molecule is COc1cccc(N(CC(=O)NCc2cccc(CN3CCCC3=O)c2)S(=O)(=O)c2ccc(C)cc2)c1. The van der Waals surface area contributed by atoms with Crippen LogP contribution in [0.5, 0.6) is 5.75 Å². The lowest BCUT2D eigenvalue weighted by atomic mass is 10.1. The number of rotatable bonds is 10. The molecule has 194 valence electrons. The first-order chi connectivity index (χ1) is 17.8. The van der Waals surface area contributed by atoms with E-state index in [4.69, 9.17) is 4.74 Å². The number of ether oxygens (including phenoxy) is 1. The van der Waals surface area contributed by atoms with Gasteiger partial charge < -0.3 is 15.0 Å². The molecule has 0 aliphatic carbocycles. The van der Waals surface area contributed by atoms with Gasteiger partial charge in [-0.2, -0.15) is 0 Å². The molecule has 0 unspecified atom stereocenters. The minimum absolute atomic E-state index is 0.0953. The molecule has 9 heteroatoms. The van der Waals surface area contributed by atoms with Gasteiger partial charge in [-0.05, 0) is 48.7 Å². The first-order valence-corrected chi connectivity index (χ1v) is 13.6. The van der Waals surface area contributed by atoms with Crippen LogP contribution in [-0.4, -0.2) is 45.3 Å². The Kier molecular flexibility index (Phi) is 8.13. The van der Waals surface area contributed by atoms with Crippen LogP contribution in [0.25, 0.3) is 0 Å². The second kappa shape index (κ2) is 11.5. The van der Waals surface area contributed by atoms with Crippen molar-refractivity contribution in [2.45, 2.75) is 37.8 Å². The van der Waals surface area contributed by atoms with Gasteiger partial charge in [0.25, 0.3) is 10.0 Å². The lowest BCUT2D eigenvalue weighted by Crippen LogP contribution is -2.40. The number of sulfonamides is 1. The molecule has 1 heterocycles. The lowest BCUT2D eigenvalue weighted by molar-refractivity contribution is -0.128.